The van der Waals surface area contributed by atoms with Crippen LogP contribution in [0.15, 0.2) is 63.3 Å². The number of hydrogen-bond donors (Lipinski definition) is 1. The molecular weight excluding hydrogens is 396 g/mol. The van der Waals surface area contributed by atoms with E-state index in [1.54, 1.807) is 47.7 Å². The molecular formula is C16H13BrN2O2S2. The van der Waals surface area contributed by atoms with Gasteiger partial charge >= 0.3 is 0 Å². The quantitative estimate of drug-likeness (QED) is 0.681. The number of nitrogens with zero attached hydrogens (tertiary/aromatic N) is 1. The minimum atomic E-state index is -3.65. The monoisotopic (exact) mass is 408 g/mol. The Bertz CT molecular complexity index is 952. The zero-order chi connectivity index (χ0) is 16.4. The van der Waals surface area contributed by atoms with Crippen LogP contribution in [0.4, 0.5) is 5.69 Å². The number of anilines is 1. The van der Waals surface area contributed by atoms with Crippen molar-refractivity contribution in [1.29, 1.82) is 0 Å². The van der Waals surface area contributed by atoms with Gasteiger partial charge in [-0.1, -0.05) is 24.3 Å². The number of thiazole rings is 1. The van der Waals surface area contributed by atoms with Gasteiger partial charge in [0.1, 0.15) is 4.90 Å². The molecule has 0 radical (unpaired) electrons. The molecule has 3 rings (SSSR count). The Morgan fingerprint density at radius 2 is 1.91 bits per heavy atom. The largest absolute Gasteiger partial charge is 0.280 e. The Labute approximate surface area is 147 Å². The van der Waals surface area contributed by atoms with Crippen LogP contribution in [0, 0.1) is 6.92 Å². The highest BCUT2D eigenvalue weighted by atomic mass is 79.9. The Kier molecular flexibility index (Phi) is 4.52. The van der Waals surface area contributed by atoms with Crippen LogP contribution in [0.2, 0.25) is 0 Å². The summed E-state index contributed by atoms with van der Waals surface area (Å²) in [6.45, 7) is 1.94. The molecule has 0 spiro atoms. The molecule has 0 saturated heterocycles. The summed E-state index contributed by atoms with van der Waals surface area (Å²) in [6, 6.07) is 13.9. The highest BCUT2D eigenvalue weighted by Crippen LogP contribution is 2.27. The van der Waals surface area contributed by atoms with Crippen molar-refractivity contribution in [3.8, 4) is 11.3 Å². The van der Waals surface area contributed by atoms with Gasteiger partial charge in [-0.2, -0.15) is 0 Å². The third-order valence-electron chi connectivity index (χ3n) is 3.16. The maximum absolute atomic E-state index is 12.5. The van der Waals surface area contributed by atoms with E-state index in [9.17, 15) is 8.42 Å². The third-order valence-corrected chi connectivity index (χ3v) is 6.32. The summed E-state index contributed by atoms with van der Waals surface area (Å²) in [5, 5.41) is 2.93. The van der Waals surface area contributed by atoms with Gasteiger partial charge in [0.15, 0.2) is 0 Å². The molecule has 3 aromatic rings. The lowest BCUT2D eigenvalue weighted by atomic mass is 10.1. The first-order valence-corrected chi connectivity index (χ1v) is 9.91. The zero-order valence-electron chi connectivity index (χ0n) is 12.2. The van der Waals surface area contributed by atoms with Gasteiger partial charge < -0.3 is 0 Å². The van der Waals surface area contributed by atoms with Crippen LogP contribution in [0.3, 0.4) is 0 Å². The number of halogens is 1. The van der Waals surface area contributed by atoms with Crippen LogP contribution in [-0.2, 0) is 10.0 Å². The van der Waals surface area contributed by atoms with E-state index in [0.29, 0.717) is 10.2 Å². The van der Waals surface area contributed by atoms with Gasteiger partial charge in [0.05, 0.1) is 10.7 Å². The van der Waals surface area contributed by atoms with Crippen LogP contribution >= 0.6 is 27.3 Å². The van der Waals surface area contributed by atoms with Crippen LogP contribution in [0.5, 0.6) is 0 Å². The fraction of sp³-hybridized carbons (Fsp3) is 0.0625. The molecule has 0 unspecified atom stereocenters. The molecule has 0 amide bonds. The van der Waals surface area contributed by atoms with E-state index in [4.69, 9.17) is 0 Å². The lowest BCUT2D eigenvalue weighted by Crippen LogP contribution is -2.13. The number of rotatable bonds is 4. The van der Waals surface area contributed by atoms with Crippen LogP contribution in [-0.4, -0.2) is 13.4 Å². The van der Waals surface area contributed by atoms with Gasteiger partial charge in [-0.3, -0.25) is 4.72 Å². The molecule has 118 valence electrons. The predicted molar refractivity (Wildman–Crippen MR) is 97.2 cm³/mol. The van der Waals surface area contributed by atoms with E-state index in [1.807, 2.05) is 24.4 Å². The summed E-state index contributed by atoms with van der Waals surface area (Å²) >= 11 is 4.83. The van der Waals surface area contributed by atoms with Gasteiger partial charge in [0.2, 0.25) is 0 Å². The summed E-state index contributed by atoms with van der Waals surface area (Å²) in [5.41, 5.74) is 2.22. The van der Waals surface area contributed by atoms with Crippen molar-refractivity contribution in [2.45, 2.75) is 11.8 Å². The van der Waals surface area contributed by atoms with Crippen molar-refractivity contribution < 1.29 is 8.42 Å². The van der Waals surface area contributed by atoms with Crippen LogP contribution in [0.25, 0.3) is 11.3 Å². The summed E-state index contributed by atoms with van der Waals surface area (Å²) in [7, 11) is -3.65. The van der Waals surface area contributed by atoms with E-state index in [0.717, 1.165) is 16.3 Å². The van der Waals surface area contributed by atoms with E-state index < -0.39 is 10.0 Å². The van der Waals surface area contributed by atoms with Crippen molar-refractivity contribution in [3.05, 3.63) is 63.4 Å². The van der Waals surface area contributed by atoms with Gasteiger partial charge in [-0.05, 0) is 47.1 Å². The lowest BCUT2D eigenvalue weighted by molar-refractivity contribution is 0.601. The molecule has 0 bridgehead atoms. The second kappa shape index (κ2) is 6.43. The SMILES string of the molecule is Cc1nc(-c2cccc(NS(=O)(=O)c3ccccc3Br)c2)cs1. The van der Waals surface area contributed by atoms with E-state index in [2.05, 4.69) is 25.6 Å². The summed E-state index contributed by atoms with van der Waals surface area (Å²) in [4.78, 5) is 4.63. The molecule has 2 aromatic carbocycles. The average Bonchev–Trinajstić information content (AvgIpc) is 2.94. The smallest absolute Gasteiger partial charge is 0.263 e. The highest BCUT2D eigenvalue weighted by Gasteiger charge is 2.17. The number of hydrogen-bond acceptors (Lipinski definition) is 4. The molecule has 0 saturated carbocycles. The predicted octanol–water partition coefficient (Wildman–Crippen LogP) is 4.68. The molecule has 7 heteroatoms. The lowest BCUT2D eigenvalue weighted by Gasteiger charge is -2.10. The standard InChI is InChI=1S/C16H13BrN2O2S2/c1-11-18-15(10-22-11)12-5-4-6-13(9-12)19-23(20,21)16-8-3-2-7-14(16)17/h2-10,19H,1H3. The van der Waals surface area contributed by atoms with E-state index in [-0.39, 0.29) is 4.90 Å². The maximum atomic E-state index is 12.5. The minimum absolute atomic E-state index is 0.204. The molecule has 0 fully saturated rings. The maximum Gasteiger partial charge on any atom is 0.263 e. The number of benzene rings is 2. The van der Waals surface area contributed by atoms with Gasteiger partial charge in [-0.15, -0.1) is 11.3 Å². The highest BCUT2D eigenvalue weighted by molar-refractivity contribution is 9.10. The molecule has 1 N–H and O–H groups in total. The first-order valence-electron chi connectivity index (χ1n) is 6.75. The van der Waals surface area contributed by atoms with E-state index >= 15 is 0 Å². The minimum Gasteiger partial charge on any atom is -0.280 e. The fourth-order valence-corrected chi connectivity index (χ4v) is 4.79. The fourth-order valence-electron chi connectivity index (χ4n) is 2.11. The van der Waals surface area contributed by atoms with Crippen molar-refractivity contribution in [2.75, 3.05) is 4.72 Å². The van der Waals surface area contributed by atoms with Gasteiger partial charge in [-0.25, -0.2) is 13.4 Å². The Hall–Kier alpha value is -1.70. The molecule has 0 aliphatic rings. The molecule has 1 heterocycles. The molecule has 0 aliphatic heterocycles. The Morgan fingerprint density at radius 3 is 2.61 bits per heavy atom. The number of nitrogens with one attached hydrogen (secondary N) is 1. The van der Waals surface area contributed by atoms with Crippen molar-refractivity contribution in [3.63, 3.8) is 0 Å². The normalized spacial score (nSPS) is 11.4. The first-order chi connectivity index (χ1) is 11.0. The summed E-state index contributed by atoms with van der Waals surface area (Å²) in [5.74, 6) is 0. The molecule has 1 aromatic heterocycles. The van der Waals surface area contributed by atoms with Crippen LogP contribution < -0.4 is 4.72 Å². The number of aromatic nitrogens is 1. The average molecular weight is 409 g/mol. The topological polar surface area (TPSA) is 59.1 Å². The van der Waals surface area contributed by atoms with Crippen LogP contribution in [0.1, 0.15) is 5.01 Å². The van der Waals surface area contributed by atoms with E-state index in [1.165, 1.54) is 0 Å². The van der Waals surface area contributed by atoms with Gasteiger partial charge in [0, 0.05) is 21.1 Å². The van der Waals surface area contributed by atoms with Crippen molar-refractivity contribution in [1.82, 2.24) is 4.98 Å². The number of sulfonamides is 1. The molecule has 0 aliphatic carbocycles. The second-order valence-electron chi connectivity index (χ2n) is 4.87. The molecule has 23 heavy (non-hydrogen) atoms. The molecule has 0 atom stereocenters. The number of aryl methyl sites for hydroxylation is 1. The first kappa shape index (κ1) is 16.2. The Balaban J connectivity index is 1.93. The Morgan fingerprint density at radius 1 is 1.13 bits per heavy atom. The molecule has 4 nitrogen and oxygen atoms in total. The third kappa shape index (κ3) is 3.63. The zero-order valence-corrected chi connectivity index (χ0v) is 15.4. The second-order valence-corrected chi connectivity index (χ2v) is 8.44. The van der Waals surface area contributed by atoms with Crippen molar-refractivity contribution in [2.24, 2.45) is 0 Å². The summed E-state index contributed by atoms with van der Waals surface area (Å²) < 4.78 is 28.2. The summed E-state index contributed by atoms with van der Waals surface area (Å²) in [6.07, 6.45) is 0. The van der Waals surface area contributed by atoms with Gasteiger partial charge in [0.25, 0.3) is 10.0 Å². The van der Waals surface area contributed by atoms with Crippen molar-refractivity contribution >= 4 is 43.0 Å².